The molecule has 6 nitrogen and oxygen atoms in total. The molecule has 3 heterocycles. The highest BCUT2D eigenvalue weighted by Gasteiger charge is 2.42. The van der Waals surface area contributed by atoms with Gasteiger partial charge in [0.25, 0.3) is 0 Å². The Labute approximate surface area is 164 Å². The zero-order valence-electron chi connectivity index (χ0n) is 15.4. The molecule has 0 N–H and O–H groups in total. The summed E-state index contributed by atoms with van der Waals surface area (Å²) in [6.07, 6.45) is -3.90. The first-order valence-corrected chi connectivity index (χ1v) is 9.95. The number of methoxy groups -OCH3 is 1. The zero-order chi connectivity index (χ0) is 19.9. The number of benzene rings is 1. The number of para-hydroxylation sites is 1. The third-order valence-corrected chi connectivity index (χ3v) is 6.34. The summed E-state index contributed by atoms with van der Waals surface area (Å²) in [4.78, 5) is 22.2. The van der Waals surface area contributed by atoms with E-state index < -0.39 is 24.7 Å². The number of carbonyl (C=O) groups is 1. The number of alkyl halides is 3. The van der Waals surface area contributed by atoms with Crippen LogP contribution in [0, 0.1) is 0 Å². The van der Waals surface area contributed by atoms with Gasteiger partial charge in [0.05, 0.1) is 17.9 Å². The molecule has 0 bridgehead atoms. The van der Waals surface area contributed by atoms with Crippen LogP contribution < -0.4 is 9.64 Å². The number of thiazole rings is 1. The molecule has 0 spiro atoms. The maximum atomic E-state index is 12.6. The molecular weight excluding hydrogens is 393 g/mol. The van der Waals surface area contributed by atoms with Crippen molar-refractivity contribution in [3.05, 3.63) is 18.2 Å². The van der Waals surface area contributed by atoms with Crippen molar-refractivity contribution in [3.63, 3.8) is 0 Å². The molecule has 1 amide bonds. The van der Waals surface area contributed by atoms with E-state index >= 15 is 0 Å². The molecule has 0 radical (unpaired) electrons. The summed E-state index contributed by atoms with van der Waals surface area (Å²) < 4.78 is 44.2. The number of piperazine rings is 1. The number of nitrogens with zero attached hydrogens (tertiary/aromatic N) is 4. The Hall–Kier alpha value is -2.07. The molecule has 2 fully saturated rings. The highest BCUT2D eigenvalue weighted by molar-refractivity contribution is 7.22. The van der Waals surface area contributed by atoms with Crippen LogP contribution in [-0.4, -0.2) is 79.3 Å². The molecule has 2 aliphatic heterocycles. The van der Waals surface area contributed by atoms with E-state index in [1.807, 2.05) is 23.1 Å². The maximum absolute atomic E-state index is 12.6. The largest absolute Gasteiger partial charge is 0.494 e. The van der Waals surface area contributed by atoms with E-state index in [9.17, 15) is 18.0 Å². The summed E-state index contributed by atoms with van der Waals surface area (Å²) >= 11 is 1.59. The summed E-state index contributed by atoms with van der Waals surface area (Å²) in [5, 5.41) is 0.899. The Morgan fingerprint density at radius 1 is 1.21 bits per heavy atom. The maximum Gasteiger partial charge on any atom is 0.406 e. The van der Waals surface area contributed by atoms with Crippen molar-refractivity contribution >= 4 is 32.6 Å². The normalized spacial score (nSPS) is 21.7. The third-order valence-electron chi connectivity index (χ3n) is 5.26. The molecule has 2 aliphatic rings. The van der Waals surface area contributed by atoms with E-state index in [0.29, 0.717) is 32.6 Å². The van der Waals surface area contributed by atoms with E-state index in [0.717, 1.165) is 26.0 Å². The molecule has 0 aliphatic carbocycles. The van der Waals surface area contributed by atoms with Crippen molar-refractivity contribution in [2.45, 2.75) is 18.6 Å². The number of halogens is 3. The molecular formula is C18H21F3N4O2S. The summed E-state index contributed by atoms with van der Waals surface area (Å²) in [5.41, 5.74) is 0.834. The number of hydrogen-bond donors (Lipinski definition) is 0. The van der Waals surface area contributed by atoms with Crippen molar-refractivity contribution in [2.24, 2.45) is 0 Å². The Balaban J connectivity index is 1.39. The molecule has 2 saturated heterocycles. The van der Waals surface area contributed by atoms with Gasteiger partial charge in [-0.3, -0.25) is 9.69 Å². The second kappa shape index (κ2) is 7.40. The Bertz CT molecular complexity index is 864. The first-order valence-electron chi connectivity index (χ1n) is 9.14. The predicted octanol–water partition coefficient (Wildman–Crippen LogP) is 2.59. The van der Waals surface area contributed by atoms with E-state index in [1.165, 1.54) is 0 Å². The highest BCUT2D eigenvalue weighted by Crippen LogP contribution is 2.34. The van der Waals surface area contributed by atoms with E-state index in [1.54, 1.807) is 18.4 Å². The third kappa shape index (κ3) is 3.75. The number of ether oxygens (including phenoxy) is 1. The summed E-state index contributed by atoms with van der Waals surface area (Å²) in [6, 6.07) is 5.36. The summed E-state index contributed by atoms with van der Waals surface area (Å²) in [7, 11) is 1.62. The lowest BCUT2D eigenvalue weighted by atomic mass is 10.2. The van der Waals surface area contributed by atoms with Crippen molar-refractivity contribution < 1.29 is 22.7 Å². The topological polar surface area (TPSA) is 48.9 Å². The molecule has 152 valence electrons. The van der Waals surface area contributed by atoms with Crippen molar-refractivity contribution in [2.75, 3.05) is 51.3 Å². The van der Waals surface area contributed by atoms with Gasteiger partial charge in [-0.1, -0.05) is 17.4 Å². The Morgan fingerprint density at radius 3 is 2.64 bits per heavy atom. The van der Waals surface area contributed by atoms with Gasteiger partial charge in [-0.15, -0.1) is 0 Å². The Morgan fingerprint density at radius 2 is 1.96 bits per heavy atom. The summed E-state index contributed by atoms with van der Waals surface area (Å²) in [5.74, 6) is 0.329. The average Bonchev–Trinajstić information content (AvgIpc) is 3.25. The van der Waals surface area contributed by atoms with E-state index in [-0.39, 0.29) is 6.54 Å². The minimum Gasteiger partial charge on any atom is -0.494 e. The monoisotopic (exact) mass is 414 g/mol. The second-order valence-electron chi connectivity index (χ2n) is 7.01. The van der Waals surface area contributed by atoms with Gasteiger partial charge in [-0.25, -0.2) is 4.98 Å². The van der Waals surface area contributed by atoms with Gasteiger partial charge in [0.1, 0.15) is 17.8 Å². The fourth-order valence-corrected chi connectivity index (χ4v) is 4.91. The number of rotatable bonds is 4. The van der Waals surface area contributed by atoms with Crippen LogP contribution in [-0.2, 0) is 4.79 Å². The van der Waals surface area contributed by atoms with Crippen LogP contribution in [0.2, 0.25) is 0 Å². The van der Waals surface area contributed by atoms with Crippen LogP contribution in [0.1, 0.15) is 6.42 Å². The number of anilines is 1. The number of likely N-dealkylation sites (tertiary alicyclic amines) is 1. The molecule has 4 rings (SSSR count). The van der Waals surface area contributed by atoms with Gasteiger partial charge in [-0.2, -0.15) is 13.2 Å². The van der Waals surface area contributed by atoms with Crippen LogP contribution in [0.5, 0.6) is 5.75 Å². The highest BCUT2D eigenvalue weighted by atomic mass is 32.1. The van der Waals surface area contributed by atoms with Gasteiger partial charge in [0.15, 0.2) is 5.13 Å². The zero-order valence-corrected chi connectivity index (χ0v) is 16.2. The van der Waals surface area contributed by atoms with Crippen LogP contribution in [0.3, 0.4) is 0 Å². The lowest BCUT2D eigenvalue weighted by Gasteiger charge is -2.37. The van der Waals surface area contributed by atoms with Gasteiger partial charge >= 0.3 is 6.18 Å². The number of aromatic nitrogens is 1. The fourth-order valence-electron chi connectivity index (χ4n) is 3.87. The molecule has 28 heavy (non-hydrogen) atoms. The lowest BCUT2D eigenvalue weighted by molar-refractivity contribution is -0.159. The summed E-state index contributed by atoms with van der Waals surface area (Å²) in [6.45, 7) is 1.64. The van der Waals surface area contributed by atoms with Gasteiger partial charge in [-0.05, 0) is 18.6 Å². The minimum atomic E-state index is -4.35. The quantitative estimate of drug-likeness (QED) is 0.770. The van der Waals surface area contributed by atoms with Crippen LogP contribution >= 0.6 is 11.3 Å². The van der Waals surface area contributed by atoms with E-state index in [4.69, 9.17) is 9.72 Å². The number of amides is 1. The number of carbonyl (C=O) groups excluding carboxylic acids is 1. The molecule has 1 aromatic carbocycles. The standard InChI is InChI=1S/C18H21F3N4O2S/c1-27-13-3-2-4-14-15(13)22-17(28-14)24-9-7-23(8-10-24)12-5-6-25(16(12)26)11-18(19,20)21/h2-4,12H,5-11H2,1H3. The number of fused-ring (bicyclic) bond motifs is 1. The van der Waals surface area contributed by atoms with Crippen molar-refractivity contribution in [1.29, 1.82) is 0 Å². The average molecular weight is 414 g/mol. The van der Waals surface area contributed by atoms with Crippen molar-refractivity contribution in [3.8, 4) is 5.75 Å². The molecule has 2 aromatic rings. The van der Waals surface area contributed by atoms with Crippen LogP contribution in [0.25, 0.3) is 10.2 Å². The number of hydrogen-bond acceptors (Lipinski definition) is 6. The fraction of sp³-hybridized carbons (Fsp3) is 0.556. The smallest absolute Gasteiger partial charge is 0.406 e. The Kier molecular flexibility index (Phi) is 5.09. The van der Waals surface area contributed by atoms with Crippen LogP contribution in [0.4, 0.5) is 18.3 Å². The molecule has 1 unspecified atom stereocenters. The van der Waals surface area contributed by atoms with Gasteiger partial charge < -0.3 is 14.5 Å². The first-order chi connectivity index (χ1) is 13.4. The molecule has 1 aromatic heterocycles. The van der Waals surface area contributed by atoms with E-state index in [2.05, 4.69) is 4.90 Å². The molecule has 1 atom stereocenters. The van der Waals surface area contributed by atoms with Gasteiger partial charge in [0, 0.05) is 32.7 Å². The SMILES string of the molecule is COc1cccc2sc(N3CCN(C4CCN(CC(F)(F)F)C4=O)CC3)nc12. The minimum absolute atomic E-state index is 0.168. The second-order valence-corrected chi connectivity index (χ2v) is 8.02. The lowest BCUT2D eigenvalue weighted by Crippen LogP contribution is -2.53. The van der Waals surface area contributed by atoms with Crippen LogP contribution in [0.15, 0.2) is 18.2 Å². The molecule has 10 heteroatoms. The molecule has 0 saturated carbocycles. The predicted molar refractivity (Wildman–Crippen MR) is 101 cm³/mol. The van der Waals surface area contributed by atoms with Crippen molar-refractivity contribution in [1.82, 2.24) is 14.8 Å². The van der Waals surface area contributed by atoms with Gasteiger partial charge in [0.2, 0.25) is 5.91 Å². The first kappa shape index (κ1) is 19.3.